The van der Waals surface area contributed by atoms with Gasteiger partial charge in [0, 0.05) is 42.9 Å². The summed E-state index contributed by atoms with van der Waals surface area (Å²) in [5, 5.41) is 2.66. The second kappa shape index (κ2) is 8.27. The van der Waals surface area contributed by atoms with Crippen molar-refractivity contribution < 1.29 is 0 Å². The lowest BCUT2D eigenvalue weighted by molar-refractivity contribution is 0.866. The average Bonchev–Trinajstić information content (AvgIpc) is 2.70. The Morgan fingerprint density at radius 1 is 0.577 bits per heavy atom. The van der Waals surface area contributed by atoms with E-state index >= 15 is 0 Å². The molecule has 136 valence electrons. The molecule has 0 radical (unpaired) electrons. The van der Waals surface area contributed by atoms with Crippen molar-refractivity contribution in [1.82, 2.24) is 0 Å². The van der Waals surface area contributed by atoms with E-state index in [4.69, 9.17) is 0 Å². The van der Waals surface area contributed by atoms with Gasteiger partial charge in [0.1, 0.15) is 0 Å². The lowest BCUT2D eigenvalue weighted by Crippen LogP contribution is -2.22. The molecule has 0 amide bonds. The van der Waals surface area contributed by atoms with Gasteiger partial charge < -0.3 is 9.80 Å². The van der Waals surface area contributed by atoms with Crippen LogP contribution >= 0.6 is 0 Å². The molecule has 0 heterocycles. The molecule has 0 bridgehead atoms. The first-order valence-corrected chi connectivity index (χ1v) is 9.85. The maximum Gasteiger partial charge on any atom is 0.0446 e. The number of rotatable bonds is 7. The summed E-state index contributed by atoms with van der Waals surface area (Å²) < 4.78 is 0. The molecule has 0 aliphatic heterocycles. The summed E-state index contributed by atoms with van der Waals surface area (Å²) >= 11 is 0. The Morgan fingerprint density at radius 3 is 1.73 bits per heavy atom. The first-order valence-electron chi connectivity index (χ1n) is 9.85. The molecule has 0 saturated heterocycles. The SMILES string of the molecule is CCN(CC)c1ccc(-c2ccc(N(CC)CC)c3ccccc23)cc1. The molecule has 0 spiro atoms. The van der Waals surface area contributed by atoms with Gasteiger partial charge in [-0.25, -0.2) is 0 Å². The molecule has 2 heteroatoms. The Hall–Kier alpha value is -2.48. The number of hydrogen-bond donors (Lipinski definition) is 0. The Morgan fingerprint density at radius 2 is 1.15 bits per heavy atom. The van der Waals surface area contributed by atoms with Crippen LogP contribution in [0.25, 0.3) is 21.9 Å². The summed E-state index contributed by atoms with van der Waals surface area (Å²) in [6, 6.07) is 22.3. The molecule has 0 N–H and O–H groups in total. The number of benzene rings is 3. The van der Waals surface area contributed by atoms with Crippen LogP contribution in [0.3, 0.4) is 0 Å². The predicted molar refractivity (Wildman–Crippen MR) is 117 cm³/mol. The van der Waals surface area contributed by atoms with Crippen LogP contribution in [0.4, 0.5) is 11.4 Å². The third-order valence-corrected chi connectivity index (χ3v) is 5.31. The quantitative estimate of drug-likeness (QED) is 0.502. The molecule has 0 aliphatic rings. The van der Waals surface area contributed by atoms with Gasteiger partial charge in [-0.3, -0.25) is 0 Å². The van der Waals surface area contributed by atoms with Gasteiger partial charge in [0.15, 0.2) is 0 Å². The van der Waals surface area contributed by atoms with Crippen LogP contribution < -0.4 is 9.80 Å². The molecule has 26 heavy (non-hydrogen) atoms. The van der Waals surface area contributed by atoms with Gasteiger partial charge in [-0.1, -0.05) is 42.5 Å². The third kappa shape index (κ3) is 3.41. The zero-order valence-electron chi connectivity index (χ0n) is 16.5. The molecule has 0 atom stereocenters. The minimum atomic E-state index is 1.03. The number of anilines is 2. The Balaban J connectivity index is 2.08. The van der Waals surface area contributed by atoms with Crippen LogP contribution in [0.5, 0.6) is 0 Å². The van der Waals surface area contributed by atoms with Gasteiger partial charge in [-0.2, -0.15) is 0 Å². The van der Waals surface area contributed by atoms with E-state index in [-0.39, 0.29) is 0 Å². The van der Waals surface area contributed by atoms with Gasteiger partial charge in [0.25, 0.3) is 0 Å². The van der Waals surface area contributed by atoms with Crippen LogP contribution in [0.15, 0.2) is 60.7 Å². The standard InChI is InChI=1S/C24H30N2/c1-5-25(6-2)20-15-13-19(14-16-20)21-17-18-24(26(7-3)8-4)23-12-10-9-11-22(21)23/h9-18H,5-8H2,1-4H3. The van der Waals surface area contributed by atoms with E-state index in [1.54, 1.807) is 0 Å². The highest BCUT2D eigenvalue weighted by molar-refractivity contribution is 6.03. The van der Waals surface area contributed by atoms with Gasteiger partial charge in [0.2, 0.25) is 0 Å². The van der Waals surface area contributed by atoms with E-state index in [0.717, 1.165) is 26.2 Å². The van der Waals surface area contributed by atoms with Gasteiger partial charge >= 0.3 is 0 Å². The third-order valence-electron chi connectivity index (χ3n) is 5.31. The highest BCUT2D eigenvalue weighted by Crippen LogP contribution is 2.35. The lowest BCUT2D eigenvalue weighted by Gasteiger charge is -2.24. The van der Waals surface area contributed by atoms with Crippen molar-refractivity contribution >= 4 is 22.1 Å². The van der Waals surface area contributed by atoms with Gasteiger partial charge in [0.05, 0.1) is 0 Å². The van der Waals surface area contributed by atoms with E-state index in [1.807, 2.05) is 0 Å². The fourth-order valence-electron chi connectivity index (χ4n) is 3.82. The minimum absolute atomic E-state index is 1.03. The van der Waals surface area contributed by atoms with Crippen molar-refractivity contribution in [2.75, 3.05) is 36.0 Å². The zero-order chi connectivity index (χ0) is 18.5. The van der Waals surface area contributed by atoms with Crippen LogP contribution in [-0.2, 0) is 0 Å². The van der Waals surface area contributed by atoms with Crippen LogP contribution in [0.2, 0.25) is 0 Å². The Kier molecular flexibility index (Phi) is 5.82. The van der Waals surface area contributed by atoms with Crippen molar-refractivity contribution in [2.45, 2.75) is 27.7 Å². The molecular formula is C24H30N2. The lowest BCUT2D eigenvalue weighted by atomic mass is 9.96. The van der Waals surface area contributed by atoms with Crippen LogP contribution in [-0.4, -0.2) is 26.2 Å². The predicted octanol–water partition coefficient (Wildman–Crippen LogP) is 6.20. The van der Waals surface area contributed by atoms with Crippen molar-refractivity contribution in [3.05, 3.63) is 60.7 Å². The largest absolute Gasteiger partial charge is 0.372 e. The first-order chi connectivity index (χ1) is 12.7. The Labute approximate surface area is 158 Å². The van der Waals surface area contributed by atoms with Crippen LogP contribution in [0.1, 0.15) is 27.7 Å². The van der Waals surface area contributed by atoms with E-state index < -0.39 is 0 Å². The van der Waals surface area contributed by atoms with E-state index in [9.17, 15) is 0 Å². The van der Waals surface area contributed by atoms with Gasteiger partial charge in [-0.15, -0.1) is 0 Å². The number of nitrogens with zero attached hydrogens (tertiary/aromatic N) is 2. The maximum atomic E-state index is 2.43. The number of hydrogen-bond acceptors (Lipinski definition) is 2. The monoisotopic (exact) mass is 346 g/mol. The topological polar surface area (TPSA) is 6.48 Å². The second-order valence-electron chi connectivity index (χ2n) is 6.57. The normalized spacial score (nSPS) is 10.9. The summed E-state index contributed by atoms with van der Waals surface area (Å²) in [6.07, 6.45) is 0. The molecule has 3 aromatic rings. The highest BCUT2D eigenvalue weighted by atomic mass is 15.1. The van der Waals surface area contributed by atoms with E-state index in [2.05, 4.69) is 98.2 Å². The van der Waals surface area contributed by atoms with Crippen molar-refractivity contribution in [3.63, 3.8) is 0 Å². The van der Waals surface area contributed by atoms with E-state index in [0.29, 0.717) is 0 Å². The number of fused-ring (bicyclic) bond motifs is 1. The van der Waals surface area contributed by atoms with Gasteiger partial charge in [-0.05, 0) is 62.4 Å². The van der Waals surface area contributed by atoms with Crippen molar-refractivity contribution in [2.24, 2.45) is 0 Å². The molecule has 0 saturated carbocycles. The molecule has 0 fully saturated rings. The second-order valence-corrected chi connectivity index (χ2v) is 6.57. The summed E-state index contributed by atoms with van der Waals surface area (Å²) in [4.78, 5) is 4.81. The zero-order valence-corrected chi connectivity index (χ0v) is 16.5. The van der Waals surface area contributed by atoms with Crippen molar-refractivity contribution in [3.8, 4) is 11.1 Å². The molecule has 0 unspecified atom stereocenters. The molecule has 3 aromatic carbocycles. The Bertz CT molecular complexity index is 844. The summed E-state index contributed by atoms with van der Waals surface area (Å²) in [5.74, 6) is 0. The average molecular weight is 347 g/mol. The summed E-state index contributed by atoms with van der Waals surface area (Å²) in [7, 11) is 0. The molecule has 2 nitrogen and oxygen atoms in total. The van der Waals surface area contributed by atoms with Crippen LogP contribution in [0, 0.1) is 0 Å². The molecule has 0 aromatic heterocycles. The first kappa shape index (κ1) is 18.3. The summed E-state index contributed by atoms with van der Waals surface area (Å²) in [5.41, 5.74) is 5.21. The smallest absolute Gasteiger partial charge is 0.0446 e. The highest BCUT2D eigenvalue weighted by Gasteiger charge is 2.11. The molecule has 0 aliphatic carbocycles. The fraction of sp³-hybridized carbons (Fsp3) is 0.333. The maximum absolute atomic E-state index is 2.43. The summed E-state index contributed by atoms with van der Waals surface area (Å²) in [6.45, 7) is 13.0. The fourth-order valence-corrected chi connectivity index (χ4v) is 3.82. The van der Waals surface area contributed by atoms with Crippen molar-refractivity contribution in [1.29, 1.82) is 0 Å². The van der Waals surface area contributed by atoms with E-state index in [1.165, 1.54) is 33.3 Å². The minimum Gasteiger partial charge on any atom is -0.372 e. The molecular weight excluding hydrogens is 316 g/mol. The molecule has 3 rings (SSSR count).